The molecule has 0 fully saturated rings. The highest BCUT2D eigenvalue weighted by molar-refractivity contribution is 7.07. The van der Waals surface area contributed by atoms with Gasteiger partial charge in [-0.05, 0) is 34.9 Å². The maximum atomic E-state index is 12.2. The Morgan fingerprint density at radius 2 is 1.48 bits per heavy atom. The molecule has 0 saturated heterocycles. The second-order valence-electron chi connectivity index (χ2n) is 9.43. The lowest BCUT2D eigenvalue weighted by Crippen LogP contribution is -2.35. The summed E-state index contributed by atoms with van der Waals surface area (Å²) in [6.07, 6.45) is 3.64. The van der Waals surface area contributed by atoms with Crippen LogP contribution in [-0.2, 0) is 11.3 Å². The average molecular weight is 570 g/mol. The topological polar surface area (TPSA) is 103 Å². The maximum absolute atomic E-state index is 12.2. The number of hydrazine groups is 1. The number of nitrogens with one attached hydrogen (secondary N) is 1. The van der Waals surface area contributed by atoms with E-state index in [-0.39, 0.29) is 12.5 Å². The van der Waals surface area contributed by atoms with Crippen molar-refractivity contribution in [1.82, 2.24) is 19.8 Å². The zero-order valence-electron chi connectivity index (χ0n) is 22.5. The van der Waals surface area contributed by atoms with Gasteiger partial charge >= 0.3 is 0 Å². The lowest BCUT2D eigenvalue weighted by Gasteiger charge is -2.07. The molecular weight excluding hydrogens is 542 g/mol. The van der Waals surface area contributed by atoms with Gasteiger partial charge in [0.1, 0.15) is 12.2 Å². The van der Waals surface area contributed by atoms with Gasteiger partial charge in [0.2, 0.25) is 4.80 Å². The Hall–Kier alpha value is -5.38. The first kappa shape index (κ1) is 26.8. The Balaban J connectivity index is 1.41. The number of nitrogens with two attached hydrogens (primary N) is 1. The van der Waals surface area contributed by atoms with Gasteiger partial charge < -0.3 is 4.57 Å². The Morgan fingerprint density at radius 1 is 0.833 bits per heavy atom. The van der Waals surface area contributed by atoms with Gasteiger partial charge in [-0.15, -0.1) is 16.4 Å². The van der Waals surface area contributed by atoms with Crippen molar-refractivity contribution < 1.29 is 4.79 Å². The number of amides is 1. The third-order valence-electron chi connectivity index (χ3n) is 6.68. The molecule has 0 aliphatic carbocycles. The number of nitrogens with zero attached hydrogens (tertiary/aromatic N) is 5. The van der Waals surface area contributed by atoms with E-state index < -0.39 is 0 Å². The van der Waals surface area contributed by atoms with E-state index >= 15 is 0 Å². The van der Waals surface area contributed by atoms with E-state index in [4.69, 9.17) is 10.9 Å². The molecule has 42 heavy (non-hydrogen) atoms. The highest BCUT2D eigenvalue weighted by Gasteiger charge is 2.13. The Morgan fingerprint density at radius 3 is 2.19 bits per heavy atom. The van der Waals surface area contributed by atoms with Crippen LogP contribution in [0, 0.1) is 0 Å². The van der Waals surface area contributed by atoms with E-state index in [2.05, 4.69) is 39.9 Å². The van der Waals surface area contributed by atoms with Gasteiger partial charge in [-0.2, -0.15) is 10.2 Å². The molecule has 2 heterocycles. The molecule has 2 aromatic heterocycles. The first-order chi connectivity index (χ1) is 20.7. The van der Waals surface area contributed by atoms with Crippen LogP contribution >= 0.6 is 11.3 Å². The van der Waals surface area contributed by atoms with Gasteiger partial charge in [-0.25, -0.2) is 10.5 Å². The summed E-state index contributed by atoms with van der Waals surface area (Å²) in [4.78, 5) is 12.8. The molecule has 0 bridgehead atoms. The van der Waals surface area contributed by atoms with Gasteiger partial charge in [0.25, 0.3) is 5.91 Å². The predicted octanol–water partition coefficient (Wildman–Crippen LogP) is 5.66. The second-order valence-corrected chi connectivity index (χ2v) is 10.3. The van der Waals surface area contributed by atoms with Crippen LogP contribution in [-0.4, -0.2) is 26.5 Å². The van der Waals surface area contributed by atoms with Crippen LogP contribution in [0.4, 0.5) is 0 Å². The quantitative estimate of drug-likeness (QED) is 0.107. The van der Waals surface area contributed by atoms with Crippen LogP contribution in [0.15, 0.2) is 137 Å². The van der Waals surface area contributed by atoms with Crippen LogP contribution in [0.3, 0.4) is 0 Å². The van der Waals surface area contributed by atoms with Crippen molar-refractivity contribution in [3.8, 4) is 39.3 Å². The molecular formula is C33H27N7OS. The third-order valence-corrected chi connectivity index (χ3v) is 7.53. The molecule has 0 saturated carbocycles. The van der Waals surface area contributed by atoms with Crippen molar-refractivity contribution in [3.05, 3.63) is 137 Å². The summed E-state index contributed by atoms with van der Waals surface area (Å²) in [5.74, 6) is 5.06. The van der Waals surface area contributed by atoms with E-state index in [1.54, 1.807) is 10.8 Å². The molecule has 206 valence electrons. The summed E-state index contributed by atoms with van der Waals surface area (Å²) in [6.45, 7) is 0.0159. The fourth-order valence-electron chi connectivity index (χ4n) is 4.63. The zero-order chi connectivity index (χ0) is 28.7. The van der Waals surface area contributed by atoms with E-state index in [1.165, 1.54) is 11.3 Å². The molecule has 9 heteroatoms. The van der Waals surface area contributed by atoms with Crippen LogP contribution < -0.4 is 16.1 Å². The minimum absolute atomic E-state index is 0.0159. The fraction of sp³-hybridized carbons (Fsp3) is 0.0303. The molecule has 1 amide bonds. The molecule has 0 aliphatic heterocycles. The van der Waals surface area contributed by atoms with Crippen LogP contribution in [0.5, 0.6) is 0 Å². The lowest BCUT2D eigenvalue weighted by molar-refractivity contribution is -0.121. The number of hydrogen-bond acceptors (Lipinski definition) is 6. The molecule has 8 nitrogen and oxygen atoms in total. The Kier molecular flexibility index (Phi) is 7.93. The van der Waals surface area contributed by atoms with Crippen molar-refractivity contribution in [1.29, 1.82) is 0 Å². The average Bonchev–Trinajstić information content (AvgIpc) is 3.67. The lowest BCUT2D eigenvalue weighted by atomic mass is 10.0. The monoisotopic (exact) mass is 569 g/mol. The van der Waals surface area contributed by atoms with Gasteiger partial charge in [-0.1, -0.05) is 97.1 Å². The van der Waals surface area contributed by atoms with Gasteiger partial charge in [0.15, 0.2) is 0 Å². The van der Waals surface area contributed by atoms with Gasteiger partial charge in [0.05, 0.1) is 17.6 Å². The summed E-state index contributed by atoms with van der Waals surface area (Å²) in [6, 6.07) is 38.3. The van der Waals surface area contributed by atoms with Crippen molar-refractivity contribution >= 4 is 23.5 Å². The molecule has 4 aromatic carbocycles. The minimum atomic E-state index is -0.333. The Bertz CT molecular complexity index is 1910. The van der Waals surface area contributed by atoms with E-state index in [9.17, 15) is 4.79 Å². The number of rotatable bonds is 8. The molecule has 6 rings (SSSR count). The van der Waals surface area contributed by atoms with Crippen molar-refractivity contribution in [2.45, 2.75) is 6.54 Å². The third kappa shape index (κ3) is 5.87. The van der Waals surface area contributed by atoms with E-state index in [1.807, 2.05) is 107 Å². The van der Waals surface area contributed by atoms with Crippen LogP contribution in [0.25, 0.3) is 39.3 Å². The molecule has 0 unspecified atom stereocenters. The van der Waals surface area contributed by atoms with Gasteiger partial charge in [0, 0.05) is 22.7 Å². The second kappa shape index (κ2) is 12.4. The number of benzene rings is 4. The SMILES string of the molecule is NNC(=O)Cn1c(-c2ccccc2)cs/c1=N\N=C\c1cn(-c2ccccc2)nc1-c1cccc(-c2ccccc2)c1. The summed E-state index contributed by atoms with van der Waals surface area (Å²) >= 11 is 1.40. The van der Waals surface area contributed by atoms with E-state index in [0.717, 1.165) is 44.9 Å². The first-order valence-corrected chi connectivity index (χ1v) is 14.2. The molecule has 3 N–H and O–H groups in total. The first-order valence-electron chi connectivity index (χ1n) is 13.3. The number of carbonyl (C=O) groups is 1. The fourth-order valence-corrected chi connectivity index (χ4v) is 5.49. The van der Waals surface area contributed by atoms with E-state index in [0.29, 0.717) is 4.80 Å². The summed E-state index contributed by atoms with van der Waals surface area (Å²) in [5, 5.41) is 15.9. The van der Waals surface area contributed by atoms with Crippen molar-refractivity contribution in [2.24, 2.45) is 16.0 Å². The Labute approximate surface area is 246 Å². The number of hydrogen-bond donors (Lipinski definition) is 2. The van der Waals surface area contributed by atoms with Crippen molar-refractivity contribution in [3.63, 3.8) is 0 Å². The van der Waals surface area contributed by atoms with Crippen LogP contribution in [0.1, 0.15) is 5.56 Å². The highest BCUT2D eigenvalue weighted by atomic mass is 32.1. The standard InChI is InChI=1S/C33H27N7OS/c34-36-31(41)22-39-30(25-13-6-2-7-14-25)23-42-33(39)37-35-20-28-21-40(29-17-8-3-9-18-29)38-32(28)27-16-10-15-26(19-27)24-11-4-1-5-12-24/h1-21,23H,22,34H2,(H,36,41)/b35-20+,37-33-. The molecule has 0 spiro atoms. The minimum Gasteiger partial charge on any atom is -0.306 e. The number of para-hydroxylation sites is 1. The van der Waals surface area contributed by atoms with Crippen LogP contribution in [0.2, 0.25) is 0 Å². The predicted molar refractivity (Wildman–Crippen MR) is 168 cm³/mol. The summed E-state index contributed by atoms with van der Waals surface area (Å²) in [5.41, 5.74) is 9.74. The largest absolute Gasteiger partial charge is 0.306 e. The molecule has 0 radical (unpaired) electrons. The van der Waals surface area contributed by atoms with Gasteiger partial charge in [-0.3, -0.25) is 10.2 Å². The molecule has 6 aromatic rings. The smallest absolute Gasteiger partial charge is 0.253 e. The maximum Gasteiger partial charge on any atom is 0.253 e. The normalized spacial score (nSPS) is 11.7. The zero-order valence-corrected chi connectivity index (χ0v) is 23.4. The summed E-state index contributed by atoms with van der Waals surface area (Å²) in [7, 11) is 0. The molecule has 0 atom stereocenters. The number of aromatic nitrogens is 3. The summed E-state index contributed by atoms with van der Waals surface area (Å²) < 4.78 is 3.65. The van der Waals surface area contributed by atoms with Crippen molar-refractivity contribution in [2.75, 3.05) is 0 Å². The number of carbonyl (C=O) groups excluding carboxylic acids is 1. The molecule has 0 aliphatic rings. The highest BCUT2D eigenvalue weighted by Crippen LogP contribution is 2.28. The number of thiazole rings is 1.